The van der Waals surface area contributed by atoms with Crippen LogP contribution >= 0.6 is 0 Å². The van der Waals surface area contributed by atoms with Crippen molar-refractivity contribution in [2.45, 2.75) is 45.3 Å². The highest BCUT2D eigenvalue weighted by atomic mass is 16.6. The Balaban J connectivity index is 2.25. The molecule has 1 amide bonds. The Morgan fingerprint density at radius 2 is 1.90 bits per heavy atom. The Kier molecular flexibility index (Phi) is 5.58. The SMILES string of the molecule is [2H]C([2H])([2H])Oc1cc([N+](=O)[O-])c(C(=O)OC)cc1OC1CCN(C(=O)OC(C)(C)C)CC1. The van der Waals surface area contributed by atoms with Crippen LogP contribution in [-0.2, 0) is 9.47 Å². The molecule has 1 aromatic carbocycles. The van der Waals surface area contributed by atoms with Crippen molar-refractivity contribution in [3.8, 4) is 11.5 Å². The van der Waals surface area contributed by atoms with Gasteiger partial charge in [-0.1, -0.05) is 0 Å². The lowest BCUT2D eigenvalue weighted by Gasteiger charge is -2.33. The molecule has 1 aliphatic rings. The first-order chi connectivity index (χ1) is 14.7. The van der Waals surface area contributed by atoms with Gasteiger partial charge in [0.2, 0.25) is 0 Å². The van der Waals surface area contributed by atoms with E-state index in [1.807, 2.05) is 0 Å². The fourth-order valence-electron chi connectivity index (χ4n) is 2.81. The van der Waals surface area contributed by atoms with Gasteiger partial charge in [0.05, 0.1) is 29.2 Å². The van der Waals surface area contributed by atoms with E-state index in [-0.39, 0.29) is 5.75 Å². The summed E-state index contributed by atoms with van der Waals surface area (Å²) in [5.41, 5.74) is -1.71. The number of carbonyl (C=O) groups excluding carboxylic acids is 2. The molecule has 10 heteroatoms. The van der Waals surface area contributed by atoms with E-state index < -0.39 is 52.7 Å². The van der Waals surface area contributed by atoms with E-state index in [2.05, 4.69) is 4.74 Å². The molecule has 1 saturated heterocycles. The minimum absolute atomic E-state index is 0.150. The topological polar surface area (TPSA) is 117 Å². The summed E-state index contributed by atoms with van der Waals surface area (Å²) in [6.07, 6.45) is -0.140. The molecule has 1 aromatic rings. The molecule has 0 bridgehead atoms. The van der Waals surface area contributed by atoms with E-state index in [1.165, 1.54) is 4.90 Å². The highest BCUT2D eigenvalue weighted by Gasteiger charge is 2.30. The Labute approximate surface area is 173 Å². The van der Waals surface area contributed by atoms with E-state index >= 15 is 0 Å². The van der Waals surface area contributed by atoms with Crippen LogP contribution in [0.1, 0.15) is 48.1 Å². The predicted molar refractivity (Wildman–Crippen MR) is 102 cm³/mol. The molecule has 29 heavy (non-hydrogen) atoms. The number of esters is 1. The van der Waals surface area contributed by atoms with Crippen LogP contribution in [-0.4, -0.2) is 60.8 Å². The van der Waals surface area contributed by atoms with Gasteiger partial charge in [-0.2, -0.15) is 0 Å². The van der Waals surface area contributed by atoms with Crippen molar-refractivity contribution in [2.75, 3.05) is 27.2 Å². The van der Waals surface area contributed by atoms with Gasteiger partial charge < -0.3 is 23.8 Å². The third kappa shape index (κ3) is 5.72. The first-order valence-electron chi connectivity index (χ1n) is 10.4. The summed E-state index contributed by atoms with van der Waals surface area (Å²) in [4.78, 5) is 36.3. The summed E-state index contributed by atoms with van der Waals surface area (Å²) in [6.45, 7) is 5.94. The third-order valence-electron chi connectivity index (χ3n) is 4.16. The first kappa shape index (κ1) is 18.0. The van der Waals surface area contributed by atoms with E-state index in [1.54, 1.807) is 20.8 Å². The zero-order chi connectivity index (χ0) is 24.3. The van der Waals surface area contributed by atoms with Crippen LogP contribution in [0.15, 0.2) is 12.1 Å². The Morgan fingerprint density at radius 3 is 2.41 bits per heavy atom. The smallest absolute Gasteiger partial charge is 0.410 e. The van der Waals surface area contributed by atoms with Crippen LogP contribution in [0, 0.1) is 10.1 Å². The van der Waals surface area contributed by atoms with E-state index in [0.717, 1.165) is 19.2 Å². The van der Waals surface area contributed by atoms with Crippen molar-refractivity contribution in [1.82, 2.24) is 4.90 Å². The monoisotopic (exact) mass is 413 g/mol. The van der Waals surface area contributed by atoms with Gasteiger partial charge in [-0.3, -0.25) is 10.1 Å². The maximum absolute atomic E-state index is 12.2. The van der Waals surface area contributed by atoms with Gasteiger partial charge in [-0.15, -0.1) is 0 Å². The van der Waals surface area contributed by atoms with Crippen molar-refractivity contribution >= 4 is 17.7 Å². The number of likely N-dealkylation sites (tertiary alicyclic amines) is 1. The summed E-state index contributed by atoms with van der Waals surface area (Å²) < 4.78 is 42.6. The normalized spacial score (nSPS) is 16.8. The van der Waals surface area contributed by atoms with Crippen molar-refractivity contribution in [3.05, 3.63) is 27.8 Å². The highest BCUT2D eigenvalue weighted by Crippen LogP contribution is 2.36. The van der Waals surface area contributed by atoms with E-state index in [9.17, 15) is 19.7 Å². The Bertz CT molecular complexity index is 875. The minimum atomic E-state index is -2.90. The number of hydrogen-bond donors (Lipinski definition) is 0. The number of methoxy groups -OCH3 is 2. The molecule has 1 fully saturated rings. The number of nitrogens with zero attached hydrogens (tertiary/aromatic N) is 2. The quantitative estimate of drug-likeness (QED) is 0.410. The number of benzene rings is 1. The van der Waals surface area contributed by atoms with Crippen LogP contribution < -0.4 is 9.47 Å². The lowest BCUT2D eigenvalue weighted by molar-refractivity contribution is -0.385. The fraction of sp³-hybridized carbons (Fsp3) is 0.579. The van der Waals surface area contributed by atoms with E-state index in [0.29, 0.717) is 25.9 Å². The summed E-state index contributed by atoms with van der Waals surface area (Å²) in [7, 11) is -1.84. The van der Waals surface area contributed by atoms with Gasteiger partial charge in [-0.05, 0) is 20.8 Å². The van der Waals surface area contributed by atoms with Gasteiger partial charge in [0.1, 0.15) is 17.3 Å². The number of piperidine rings is 1. The van der Waals surface area contributed by atoms with Crippen LogP contribution in [0.5, 0.6) is 11.5 Å². The molecular formula is C19H26N2O8. The number of rotatable bonds is 5. The van der Waals surface area contributed by atoms with E-state index in [4.69, 9.17) is 18.3 Å². The van der Waals surface area contributed by atoms with Crippen molar-refractivity contribution in [1.29, 1.82) is 0 Å². The number of nitro groups is 1. The lowest BCUT2D eigenvalue weighted by Crippen LogP contribution is -2.44. The molecule has 0 aromatic heterocycles. The van der Waals surface area contributed by atoms with Crippen LogP contribution in [0.4, 0.5) is 10.5 Å². The Hall–Kier alpha value is -3.04. The van der Waals surface area contributed by atoms with Crippen LogP contribution in [0.2, 0.25) is 0 Å². The van der Waals surface area contributed by atoms with Crippen molar-refractivity contribution in [3.63, 3.8) is 0 Å². The predicted octanol–water partition coefficient (Wildman–Crippen LogP) is 3.17. The molecule has 0 radical (unpaired) electrons. The second-order valence-electron chi connectivity index (χ2n) is 7.45. The number of nitro benzene ring substituents is 1. The van der Waals surface area contributed by atoms with Crippen LogP contribution in [0.3, 0.4) is 0 Å². The molecule has 1 aliphatic heterocycles. The number of amides is 1. The molecule has 0 unspecified atom stereocenters. The second kappa shape index (κ2) is 8.97. The van der Waals surface area contributed by atoms with Crippen molar-refractivity contribution < 1.29 is 37.6 Å². The Morgan fingerprint density at radius 1 is 1.24 bits per heavy atom. The molecule has 160 valence electrons. The summed E-state index contributed by atoms with van der Waals surface area (Å²) >= 11 is 0. The zero-order valence-corrected chi connectivity index (χ0v) is 16.7. The first-order valence-corrected chi connectivity index (χ1v) is 8.94. The molecule has 0 saturated carbocycles. The molecule has 0 aliphatic carbocycles. The number of ether oxygens (including phenoxy) is 4. The number of hydrogen-bond acceptors (Lipinski definition) is 8. The van der Waals surface area contributed by atoms with Crippen molar-refractivity contribution in [2.24, 2.45) is 0 Å². The van der Waals surface area contributed by atoms with Gasteiger partial charge in [-0.25, -0.2) is 9.59 Å². The van der Waals surface area contributed by atoms with Gasteiger partial charge in [0.15, 0.2) is 11.5 Å². The standard InChI is InChI=1S/C19H26N2O8/c1-19(2,3)29-18(23)20-8-6-12(7-9-20)28-16-10-13(17(22)27-5)14(21(24)25)11-15(16)26-4/h10-12H,6-9H2,1-5H3/i4D3. The summed E-state index contributed by atoms with van der Waals surface area (Å²) in [5.74, 6) is -1.54. The third-order valence-corrected chi connectivity index (χ3v) is 4.16. The maximum atomic E-state index is 12.2. The average Bonchev–Trinajstić information content (AvgIpc) is 2.66. The number of carbonyl (C=O) groups is 2. The molecule has 0 N–H and O–H groups in total. The largest absolute Gasteiger partial charge is 0.493 e. The molecule has 2 rings (SSSR count). The molecule has 1 heterocycles. The summed E-state index contributed by atoms with van der Waals surface area (Å²) in [6, 6.07) is 1.86. The lowest BCUT2D eigenvalue weighted by atomic mass is 10.1. The summed E-state index contributed by atoms with van der Waals surface area (Å²) in [5, 5.41) is 11.4. The maximum Gasteiger partial charge on any atom is 0.410 e. The molecule has 0 spiro atoms. The second-order valence-corrected chi connectivity index (χ2v) is 7.45. The zero-order valence-electron chi connectivity index (χ0n) is 19.7. The molecule has 0 atom stereocenters. The minimum Gasteiger partial charge on any atom is -0.493 e. The highest BCUT2D eigenvalue weighted by molar-refractivity contribution is 5.95. The van der Waals surface area contributed by atoms with Gasteiger partial charge >= 0.3 is 12.1 Å². The average molecular weight is 413 g/mol. The van der Waals surface area contributed by atoms with Gasteiger partial charge in [0, 0.05) is 32.0 Å². The van der Waals surface area contributed by atoms with Gasteiger partial charge in [0.25, 0.3) is 5.69 Å². The molecule has 10 nitrogen and oxygen atoms in total. The fourth-order valence-corrected chi connectivity index (χ4v) is 2.81. The van der Waals surface area contributed by atoms with Crippen LogP contribution in [0.25, 0.3) is 0 Å². The molecular weight excluding hydrogens is 384 g/mol.